The minimum Gasteiger partial charge on any atom is -0.393 e. The van der Waals surface area contributed by atoms with E-state index < -0.39 is 0 Å². The summed E-state index contributed by atoms with van der Waals surface area (Å²) >= 11 is 0. The topological polar surface area (TPSA) is 20.2 Å². The molecule has 5 rings (SSSR count). The van der Waals surface area contributed by atoms with Gasteiger partial charge in [-0.25, -0.2) is 0 Å². The van der Waals surface area contributed by atoms with Crippen molar-refractivity contribution < 1.29 is 5.11 Å². The van der Waals surface area contributed by atoms with Crippen LogP contribution in [0.25, 0.3) is 0 Å². The number of hydrogen-bond donors (Lipinski definition) is 1. The van der Waals surface area contributed by atoms with E-state index in [2.05, 4.69) is 48.5 Å². The Morgan fingerprint density at radius 2 is 1.23 bits per heavy atom. The highest BCUT2D eigenvalue weighted by atomic mass is 16.3. The summed E-state index contributed by atoms with van der Waals surface area (Å²) in [5.41, 5.74) is 2.55. The second-order valence-electron chi connectivity index (χ2n) is 14.6. The SMILES string of the molecule is C[C@@H](O)[C@@H]1CC[C@]2(C)[C@H]3CC[C@@H]4[C@@]5(C)CCCC(C)(C)[C@@H]5CC[C@@]4(C)[C@]3(C)CC[C@@H]12. The lowest BCUT2D eigenvalue weighted by atomic mass is 9.32. The van der Waals surface area contributed by atoms with Gasteiger partial charge in [0.05, 0.1) is 6.10 Å². The van der Waals surface area contributed by atoms with Crippen molar-refractivity contribution in [1.29, 1.82) is 0 Å². The number of rotatable bonds is 1. The van der Waals surface area contributed by atoms with E-state index in [0.717, 1.165) is 23.7 Å². The summed E-state index contributed by atoms with van der Waals surface area (Å²) < 4.78 is 0. The highest BCUT2D eigenvalue weighted by molar-refractivity contribution is 5.19. The molecule has 0 heterocycles. The van der Waals surface area contributed by atoms with Crippen LogP contribution in [-0.4, -0.2) is 11.2 Å². The van der Waals surface area contributed by atoms with E-state index in [1.165, 1.54) is 70.6 Å². The lowest BCUT2D eigenvalue weighted by Gasteiger charge is -2.73. The summed E-state index contributed by atoms with van der Waals surface area (Å²) in [5, 5.41) is 10.5. The first-order chi connectivity index (χ1) is 13.9. The van der Waals surface area contributed by atoms with Gasteiger partial charge >= 0.3 is 0 Å². The van der Waals surface area contributed by atoms with E-state index in [1.807, 2.05) is 0 Å². The van der Waals surface area contributed by atoms with Crippen LogP contribution < -0.4 is 0 Å². The average molecular weight is 415 g/mol. The molecule has 0 aromatic heterocycles. The Hall–Kier alpha value is -0.0400. The van der Waals surface area contributed by atoms with Gasteiger partial charge in [0.2, 0.25) is 0 Å². The van der Waals surface area contributed by atoms with E-state index in [1.54, 1.807) is 0 Å². The van der Waals surface area contributed by atoms with Crippen molar-refractivity contribution in [2.24, 2.45) is 56.7 Å². The maximum atomic E-state index is 10.5. The fourth-order valence-corrected chi connectivity index (χ4v) is 11.9. The summed E-state index contributed by atoms with van der Waals surface area (Å²) in [5.74, 6) is 4.02. The molecule has 0 spiro atoms. The summed E-state index contributed by atoms with van der Waals surface area (Å²) in [7, 11) is 0. The molecule has 5 saturated carbocycles. The Labute approximate surface area is 187 Å². The number of hydrogen-bond acceptors (Lipinski definition) is 1. The highest BCUT2D eigenvalue weighted by Gasteiger charge is 2.70. The molecular weight excluding hydrogens is 364 g/mol. The van der Waals surface area contributed by atoms with Crippen LogP contribution in [0.15, 0.2) is 0 Å². The predicted molar refractivity (Wildman–Crippen MR) is 126 cm³/mol. The van der Waals surface area contributed by atoms with Gasteiger partial charge in [-0.05, 0) is 128 Å². The van der Waals surface area contributed by atoms with Crippen molar-refractivity contribution in [3.63, 3.8) is 0 Å². The van der Waals surface area contributed by atoms with Gasteiger partial charge in [0, 0.05) is 0 Å². The van der Waals surface area contributed by atoms with Gasteiger partial charge in [-0.2, -0.15) is 0 Å². The molecule has 0 aromatic rings. The summed E-state index contributed by atoms with van der Waals surface area (Å²) in [4.78, 5) is 0. The molecule has 30 heavy (non-hydrogen) atoms. The number of aliphatic hydroxyl groups is 1. The van der Waals surface area contributed by atoms with Crippen LogP contribution in [0.4, 0.5) is 0 Å². The van der Waals surface area contributed by atoms with E-state index in [4.69, 9.17) is 0 Å². The molecule has 5 aliphatic rings. The zero-order valence-corrected chi connectivity index (χ0v) is 21.2. The van der Waals surface area contributed by atoms with Crippen molar-refractivity contribution >= 4 is 0 Å². The molecule has 0 amide bonds. The minimum absolute atomic E-state index is 0.119. The van der Waals surface area contributed by atoms with Crippen LogP contribution in [0.3, 0.4) is 0 Å². The van der Waals surface area contributed by atoms with Gasteiger partial charge in [-0.15, -0.1) is 0 Å². The third-order valence-corrected chi connectivity index (χ3v) is 13.4. The molecule has 0 unspecified atom stereocenters. The molecule has 1 N–H and O–H groups in total. The van der Waals surface area contributed by atoms with E-state index in [9.17, 15) is 5.11 Å². The minimum atomic E-state index is -0.119. The Balaban J connectivity index is 1.52. The van der Waals surface area contributed by atoms with Gasteiger partial charge in [-0.1, -0.05) is 48.0 Å². The van der Waals surface area contributed by atoms with Gasteiger partial charge in [0.1, 0.15) is 0 Å². The molecule has 0 aromatic carbocycles. The molecule has 5 fully saturated rings. The molecule has 172 valence electrons. The third-order valence-electron chi connectivity index (χ3n) is 13.4. The maximum absolute atomic E-state index is 10.5. The van der Waals surface area contributed by atoms with E-state index in [0.29, 0.717) is 33.0 Å². The Bertz CT molecular complexity index is 694. The first-order valence-corrected chi connectivity index (χ1v) is 13.6. The molecule has 1 nitrogen and oxygen atoms in total. The fourth-order valence-electron chi connectivity index (χ4n) is 11.9. The van der Waals surface area contributed by atoms with Crippen molar-refractivity contribution in [3.8, 4) is 0 Å². The van der Waals surface area contributed by atoms with Crippen molar-refractivity contribution in [2.75, 3.05) is 0 Å². The van der Waals surface area contributed by atoms with Crippen LogP contribution in [-0.2, 0) is 0 Å². The summed E-state index contributed by atoms with van der Waals surface area (Å²) in [6, 6.07) is 0. The van der Waals surface area contributed by atoms with Gasteiger partial charge in [-0.3, -0.25) is 0 Å². The smallest absolute Gasteiger partial charge is 0.0543 e. The lowest BCUT2D eigenvalue weighted by molar-refractivity contribution is -0.241. The van der Waals surface area contributed by atoms with Crippen LogP contribution in [0.2, 0.25) is 0 Å². The summed E-state index contributed by atoms with van der Waals surface area (Å²) in [6.45, 7) is 18.1. The Kier molecular flexibility index (Phi) is 4.73. The third kappa shape index (κ3) is 2.51. The van der Waals surface area contributed by atoms with E-state index in [-0.39, 0.29) is 6.10 Å². The quantitative estimate of drug-likeness (QED) is 0.463. The summed E-state index contributed by atoms with van der Waals surface area (Å²) in [6.07, 6.45) is 15.5. The molecule has 5 aliphatic carbocycles. The van der Waals surface area contributed by atoms with Gasteiger partial charge in [0.15, 0.2) is 0 Å². The molecule has 0 aliphatic heterocycles. The molecule has 0 saturated heterocycles. The van der Waals surface area contributed by atoms with Crippen molar-refractivity contribution in [2.45, 2.75) is 125 Å². The molecule has 0 bridgehead atoms. The second kappa shape index (κ2) is 6.51. The van der Waals surface area contributed by atoms with Crippen molar-refractivity contribution in [3.05, 3.63) is 0 Å². The maximum Gasteiger partial charge on any atom is 0.0543 e. The first-order valence-electron chi connectivity index (χ1n) is 13.6. The van der Waals surface area contributed by atoms with Crippen LogP contribution in [0, 0.1) is 56.7 Å². The Morgan fingerprint density at radius 1 is 0.633 bits per heavy atom. The average Bonchev–Trinajstić information content (AvgIpc) is 2.99. The fraction of sp³-hybridized carbons (Fsp3) is 1.00. The van der Waals surface area contributed by atoms with E-state index >= 15 is 0 Å². The largest absolute Gasteiger partial charge is 0.393 e. The highest BCUT2D eigenvalue weighted by Crippen LogP contribution is 2.77. The molecule has 0 radical (unpaired) electrons. The number of fused-ring (bicyclic) bond motifs is 7. The Morgan fingerprint density at radius 3 is 1.87 bits per heavy atom. The standard InChI is InChI=1S/C29H50O/c1-19(30)20-11-16-26(4)21(20)12-17-28(6)23(26)9-10-24-27(5)15-8-14-25(2,3)22(27)13-18-29(24,28)7/h19-24,30H,8-18H2,1-7H3/t19-,20+,21+,22+,23-,24-,26+,27+,28-,29-/m1/s1. The van der Waals surface area contributed by atoms with Gasteiger partial charge in [0.25, 0.3) is 0 Å². The normalized spacial score (nSPS) is 58.2. The molecule has 10 atom stereocenters. The molecule has 1 heteroatoms. The lowest BCUT2D eigenvalue weighted by Crippen LogP contribution is -2.65. The van der Waals surface area contributed by atoms with Gasteiger partial charge < -0.3 is 5.11 Å². The zero-order valence-electron chi connectivity index (χ0n) is 21.2. The van der Waals surface area contributed by atoms with Crippen LogP contribution >= 0.6 is 0 Å². The molecular formula is C29H50O. The zero-order chi connectivity index (χ0) is 21.7. The monoisotopic (exact) mass is 414 g/mol. The van der Waals surface area contributed by atoms with Crippen LogP contribution in [0.5, 0.6) is 0 Å². The van der Waals surface area contributed by atoms with Crippen LogP contribution in [0.1, 0.15) is 119 Å². The van der Waals surface area contributed by atoms with Crippen molar-refractivity contribution in [1.82, 2.24) is 0 Å². The number of aliphatic hydroxyl groups excluding tert-OH is 1. The second-order valence-corrected chi connectivity index (χ2v) is 14.6. The first kappa shape index (κ1) is 21.8. The predicted octanol–water partition coefficient (Wildman–Crippen LogP) is 7.86.